The second-order valence-corrected chi connectivity index (χ2v) is 7.61. The summed E-state index contributed by atoms with van der Waals surface area (Å²) >= 11 is 0. The van der Waals surface area contributed by atoms with Crippen molar-refractivity contribution in [1.82, 2.24) is 9.97 Å². The van der Waals surface area contributed by atoms with Crippen LogP contribution in [0.1, 0.15) is 47.5 Å². The van der Waals surface area contributed by atoms with Crippen molar-refractivity contribution in [2.45, 2.75) is 64.8 Å². The van der Waals surface area contributed by atoms with Crippen LogP contribution in [0.25, 0.3) is 0 Å². The summed E-state index contributed by atoms with van der Waals surface area (Å²) in [5.41, 5.74) is 4.13. The van der Waals surface area contributed by atoms with Crippen LogP contribution in [0.5, 0.6) is 0 Å². The lowest BCUT2D eigenvalue weighted by Gasteiger charge is -2.37. The Hall–Kier alpha value is -1.89. The molecule has 1 fully saturated rings. The molecule has 1 atom stereocenters. The Bertz CT molecular complexity index is 583. The van der Waals surface area contributed by atoms with Crippen molar-refractivity contribution >= 4 is 17.7 Å². The van der Waals surface area contributed by atoms with E-state index in [4.69, 9.17) is 15.2 Å². The number of hydrogen-bond acceptors (Lipinski definition) is 7. The van der Waals surface area contributed by atoms with Crippen LogP contribution >= 0.6 is 0 Å². The lowest BCUT2D eigenvalue weighted by atomic mass is 10.0. The fraction of sp³-hybridized carbons (Fsp3) is 0.706. The molecule has 0 aliphatic carbocycles. The molecule has 1 unspecified atom stereocenters. The van der Waals surface area contributed by atoms with Crippen LogP contribution < -0.4 is 10.6 Å². The minimum Gasteiger partial charge on any atom is -0.458 e. The van der Waals surface area contributed by atoms with Gasteiger partial charge in [0.05, 0.1) is 6.10 Å². The number of hydrogen-bond donors (Lipinski definition) is 1. The number of nitrogens with two attached hydrogens (primary N) is 1. The van der Waals surface area contributed by atoms with Crippen molar-refractivity contribution in [1.29, 1.82) is 0 Å². The third kappa shape index (κ3) is 5.06. The molecule has 7 heteroatoms. The summed E-state index contributed by atoms with van der Waals surface area (Å²) in [6.07, 6.45) is 3.42. The Kier molecular flexibility index (Phi) is 5.32. The second-order valence-electron chi connectivity index (χ2n) is 7.61. The second kappa shape index (κ2) is 6.93. The highest BCUT2D eigenvalue weighted by molar-refractivity contribution is 5.79. The molecule has 0 amide bonds. The first-order valence-corrected chi connectivity index (χ1v) is 8.31. The summed E-state index contributed by atoms with van der Waals surface area (Å²) in [6.45, 7) is 10.6. The summed E-state index contributed by atoms with van der Waals surface area (Å²) in [5, 5.41) is 0. The topological polar surface area (TPSA) is 90.6 Å². The number of carbonyl (C=O) groups is 1. The highest BCUT2D eigenvalue weighted by Gasteiger charge is 2.37. The maximum atomic E-state index is 12.4. The van der Waals surface area contributed by atoms with Crippen molar-refractivity contribution in [3.8, 4) is 0 Å². The largest absolute Gasteiger partial charge is 0.458 e. The summed E-state index contributed by atoms with van der Waals surface area (Å²) in [6, 6.07) is 1.83. The number of piperidine rings is 1. The van der Waals surface area contributed by atoms with Gasteiger partial charge >= 0.3 is 5.97 Å². The molecule has 1 aliphatic rings. The zero-order valence-corrected chi connectivity index (χ0v) is 15.2. The van der Waals surface area contributed by atoms with E-state index in [1.807, 2.05) is 26.8 Å². The van der Waals surface area contributed by atoms with Crippen LogP contribution in [0.4, 0.5) is 11.8 Å². The average molecular weight is 336 g/mol. The fourth-order valence-corrected chi connectivity index (χ4v) is 2.65. The van der Waals surface area contributed by atoms with E-state index >= 15 is 0 Å². The van der Waals surface area contributed by atoms with Crippen molar-refractivity contribution in [2.24, 2.45) is 0 Å². The quantitative estimate of drug-likeness (QED) is 0.843. The molecule has 0 bridgehead atoms. The first-order chi connectivity index (χ1) is 11.1. The lowest BCUT2D eigenvalue weighted by molar-refractivity contribution is -0.186. The molecule has 0 saturated carbocycles. The predicted molar refractivity (Wildman–Crippen MR) is 92.7 cm³/mol. The minimum atomic E-state index is -0.994. The van der Waals surface area contributed by atoms with E-state index in [0.29, 0.717) is 6.54 Å². The van der Waals surface area contributed by atoms with Crippen molar-refractivity contribution < 1.29 is 14.3 Å². The Balaban J connectivity index is 2.00. The van der Waals surface area contributed by atoms with Gasteiger partial charge in [-0.05, 0) is 53.5 Å². The number of ether oxygens (including phenoxy) is 2. The van der Waals surface area contributed by atoms with Crippen molar-refractivity contribution in [2.75, 3.05) is 23.7 Å². The molecule has 1 saturated heterocycles. The molecule has 2 rings (SSSR count). The minimum absolute atomic E-state index is 0.0718. The van der Waals surface area contributed by atoms with E-state index < -0.39 is 11.2 Å². The Morgan fingerprint density at radius 3 is 2.67 bits per heavy atom. The van der Waals surface area contributed by atoms with Gasteiger partial charge in [0, 0.05) is 19.3 Å². The molecule has 0 spiro atoms. The number of carbonyl (C=O) groups excluding carboxylic acids is 1. The van der Waals surface area contributed by atoms with Crippen LogP contribution in [0, 0.1) is 0 Å². The van der Waals surface area contributed by atoms with Gasteiger partial charge in [0.15, 0.2) is 5.60 Å². The van der Waals surface area contributed by atoms with Gasteiger partial charge in [-0.1, -0.05) is 0 Å². The maximum Gasteiger partial charge on any atom is 0.338 e. The number of nitrogen functional groups attached to an aromatic ring is 1. The Morgan fingerprint density at radius 1 is 1.33 bits per heavy atom. The number of anilines is 2. The molecule has 2 heterocycles. The molecular formula is C17H28N4O3. The summed E-state index contributed by atoms with van der Waals surface area (Å²) in [7, 11) is 0. The highest BCUT2D eigenvalue weighted by atomic mass is 16.6. The molecule has 24 heavy (non-hydrogen) atoms. The lowest BCUT2D eigenvalue weighted by Crippen LogP contribution is -2.48. The fourth-order valence-electron chi connectivity index (χ4n) is 2.65. The molecule has 1 aromatic rings. The van der Waals surface area contributed by atoms with Gasteiger partial charge in [0.1, 0.15) is 11.4 Å². The van der Waals surface area contributed by atoms with E-state index in [9.17, 15) is 4.79 Å². The molecule has 0 aromatic carbocycles. The van der Waals surface area contributed by atoms with Crippen molar-refractivity contribution in [3.63, 3.8) is 0 Å². The average Bonchev–Trinajstić information content (AvgIpc) is 2.45. The zero-order valence-electron chi connectivity index (χ0n) is 15.2. The number of esters is 1. The molecule has 7 nitrogen and oxygen atoms in total. The van der Waals surface area contributed by atoms with Gasteiger partial charge < -0.3 is 20.1 Å². The maximum absolute atomic E-state index is 12.4. The van der Waals surface area contributed by atoms with Crippen LogP contribution in [-0.2, 0) is 14.3 Å². The third-order valence-electron chi connectivity index (χ3n) is 3.71. The zero-order chi connectivity index (χ0) is 18.0. The van der Waals surface area contributed by atoms with Crippen LogP contribution in [0.3, 0.4) is 0 Å². The summed E-state index contributed by atoms with van der Waals surface area (Å²) in [5.74, 6) is 0.689. The molecule has 0 radical (unpaired) electrons. The van der Waals surface area contributed by atoms with E-state index in [1.165, 1.54) is 0 Å². The van der Waals surface area contributed by atoms with Crippen LogP contribution in [-0.4, -0.2) is 46.3 Å². The monoisotopic (exact) mass is 336 g/mol. The van der Waals surface area contributed by atoms with E-state index in [2.05, 4.69) is 14.9 Å². The predicted octanol–water partition coefficient (Wildman–Crippen LogP) is 2.16. The molecule has 1 aliphatic heterocycles. The SMILES string of the molecule is CC(C)(C)OC(=O)C(C)(C)OC1CCCN(c2ccnc(N)n2)C1. The van der Waals surface area contributed by atoms with E-state index in [1.54, 1.807) is 20.0 Å². The van der Waals surface area contributed by atoms with Gasteiger partial charge in [-0.3, -0.25) is 0 Å². The molecule has 134 valence electrons. The first kappa shape index (κ1) is 18.4. The van der Waals surface area contributed by atoms with Gasteiger partial charge in [-0.25, -0.2) is 9.78 Å². The van der Waals surface area contributed by atoms with E-state index in [-0.39, 0.29) is 18.0 Å². The van der Waals surface area contributed by atoms with Crippen molar-refractivity contribution in [3.05, 3.63) is 12.3 Å². The highest BCUT2D eigenvalue weighted by Crippen LogP contribution is 2.25. The van der Waals surface area contributed by atoms with Gasteiger partial charge in [0.25, 0.3) is 0 Å². The smallest absolute Gasteiger partial charge is 0.338 e. The van der Waals surface area contributed by atoms with Crippen LogP contribution in [0.2, 0.25) is 0 Å². The molecule has 2 N–H and O–H groups in total. The third-order valence-corrected chi connectivity index (χ3v) is 3.71. The molecular weight excluding hydrogens is 308 g/mol. The van der Waals surface area contributed by atoms with E-state index in [0.717, 1.165) is 25.2 Å². The van der Waals surface area contributed by atoms with Gasteiger partial charge in [-0.15, -0.1) is 0 Å². The summed E-state index contributed by atoms with van der Waals surface area (Å²) < 4.78 is 11.5. The number of rotatable bonds is 4. The standard InChI is InChI=1S/C17H28N4O3/c1-16(2,3)24-14(22)17(4,5)23-12-7-6-10-21(11-12)13-8-9-19-15(18)20-13/h8-9,12H,6-7,10-11H2,1-5H3,(H2,18,19,20). The van der Waals surface area contributed by atoms with Gasteiger partial charge in [0.2, 0.25) is 5.95 Å². The molecule has 1 aromatic heterocycles. The number of nitrogens with zero attached hydrogens (tertiary/aromatic N) is 3. The van der Waals surface area contributed by atoms with Crippen LogP contribution in [0.15, 0.2) is 12.3 Å². The number of aromatic nitrogens is 2. The normalized spacial score (nSPS) is 19.2. The first-order valence-electron chi connectivity index (χ1n) is 8.31. The summed E-state index contributed by atoms with van der Waals surface area (Å²) in [4.78, 5) is 22.6. The van der Waals surface area contributed by atoms with Gasteiger partial charge in [-0.2, -0.15) is 4.98 Å². The Morgan fingerprint density at radius 2 is 2.04 bits per heavy atom. The Labute approximate surface area is 143 Å².